The van der Waals surface area contributed by atoms with Gasteiger partial charge >= 0.3 is 0 Å². The van der Waals surface area contributed by atoms with Crippen LogP contribution in [0, 0.1) is 0 Å². The van der Waals surface area contributed by atoms with E-state index >= 15 is 0 Å². The van der Waals surface area contributed by atoms with Crippen molar-refractivity contribution in [2.45, 2.75) is 37.6 Å². The van der Waals surface area contributed by atoms with Crippen molar-refractivity contribution in [3.63, 3.8) is 0 Å². The molecule has 1 spiro atoms. The van der Waals surface area contributed by atoms with Gasteiger partial charge in [-0.05, 0) is 18.9 Å². The minimum absolute atomic E-state index is 0.0150. The van der Waals surface area contributed by atoms with E-state index in [1.54, 1.807) is 7.11 Å². The predicted molar refractivity (Wildman–Crippen MR) is 82.6 cm³/mol. The molecule has 5 heteroatoms. The Kier molecular flexibility index (Phi) is 4.05. The fourth-order valence-electron chi connectivity index (χ4n) is 3.71. The molecular formula is C17H22N2O3. The van der Waals surface area contributed by atoms with Gasteiger partial charge in [0.15, 0.2) is 0 Å². The second-order valence-electron chi connectivity index (χ2n) is 6.03. The molecule has 3 rings (SSSR count). The first kappa shape index (κ1) is 14.9. The van der Waals surface area contributed by atoms with Crippen molar-refractivity contribution in [1.29, 1.82) is 0 Å². The average Bonchev–Trinajstić information content (AvgIpc) is 3.01. The zero-order valence-electron chi connectivity index (χ0n) is 12.9. The van der Waals surface area contributed by atoms with E-state index in [4.69, 9.17) is 4.74 Å². The zero-order chi connectivity index (χ0) is 15.6. The molecule has 1 aliphatic carbocycles. The fourth-order valence-corrected chi connectivity index (χ4v) is 3.71. The van der Waals surface area contributed by atoms with E-state index in [1.165, 1.54) is 0 Å². The lowest BCUT2D eigenvalue weighted by molar-refractivity contribution is -0.150. The van der Waals surface area contributed by atoms with Crippen LogP contribution in [0.4, 0.5) is 0 Å². The van der Waals surface area contributed by atoms with Crippen LogP contribution >= 0.6 is 0 Å². The van der Waals surface area contributed by atoms with Crippen molar-refractivity contribution in [2.24, 2.45) is 0 Å². The van der Waals surface area contributed by atoms with Crippen LogP contribution in [0.15, 0.2) is 24.3 Å². The number of methoxy groups -OCH3 is 1. The molecule has 2 amide bonds. The summed E-state index contributed by atoms with van der Waals surface area (Å²) in [6.07, 6.45) is 3.84. The summed E-state index contributed by atoms with van der Waals surface area (Å²) in [7, 11) is 1.61. The SMILES string of the molecule is COc1ccccc1CC(=O)N1CCNC(=O)C12CCCC2. The molecule has 1 aromatic carbocycles. The monoisotopic (exact) mass is 302 g/mol. The molecule has 2 aliphatic rings. The van der Waals surface area contributed by atoms with Crippen LogP contribution in [0.2, 0.25) is 0 Å². The van der Waals surface area contributed by atoms with Gasteiger partial charge in [-0.25, -0.2) is 0 Å². The Morgan fingerprint density at radius 3 is 2.77 bits per heavy atom. The fraction of sp³-hybridized carbons (Fsp3) is 0.529. The van der Waals surface area contributed by atoms with E-state index in [-0.39, 0.29) is 18.2 Å². The smallest absolute Gasteiger partial charge is 0.246 e. The van der Waals surface area contributed by atoms with Crippen molar-refractivity contribution in [3.05, 3.63) is 29.8 Å². The summed E-state index contributed by atoms with van der Waals surface area (Å²) in [6, 6.07) is 7.55. The second-order valence-corrected chi connectivity index (χ2v) is 6.03. The van der Waals surface area contributed by atoms with E-state index in [1.807, 2.05) is 29.2 Å². The summed E-state index contributed by atoms with van der Waals surface area (Å²) < 4.78 is 5.32. The minimum atomic E-state index is -0.614. The first-order valence-corrected chi connectivity index (χ1v) is 7.88. The van der Waals surface area contributed by atoms with Crippen molar-refractivity contribution in [3.8, 4) is 5.75 Å². The van der Waals surface area contributed by atoms with E-state index in [0.29, 0.717) is 13.1 Å². The van der Waals surface area contributed by atoms with Crippen LogP contribution < -0.4 is 10.1 Å². The Hall–Kier alpha value is -2.04. The van der Waals surface area contributed by atoms with Crippen molar-refractivity contribution in [1.82, 2.24) is 10.2 Å². The van der Waals surface area contributed by atoms with Gasteiger partial charge in [-0.15, -0.1) is 0 Å². The quantitative estimate of drug-likeness (QED) is 0.921. The maximum Gasteiger partial charge on any atom is 0.246 e. The highest BCUT2D eigenvalue weighted by molar-refractivity contribution is 5.93. The van der Waals surface area contributed by atoms with Gasteiger partial charge in [0.2, 0.25) is 11.8 Å². The average molecular weight is 302 g/mol. The van der Waals surface area contributed by atoms with Gasteiger partial charge in [0.1, 0.15) is 11.3 Å². The number of para-hydroxylation sites is 1. The van der Waals surface area contributed by atoms with Gasteiger partial charge < -0.3 is 15.0 Å². The first-order valence-electron chi connectivity index (χ1n) is 7.88. The highest BCUT2D eigenvalue weighted by atomic mass is 16.5. The molecule has 1 saturated heterocycles. The number of benzene rings is 1. The van der Waals surface area contributed by atoms with E-state index in [9.17, 15) is 9.59 Å². The van der Waals surface area contributed by atoms with Gasteiger partial charge in [-0.2, -0.15) is 0 Å². The van der Waals surface area contributed by atoms with Crippen LogP contribution in [-0.2, 0) is 16.0 Å². The van der Waals surface area contributed by atoms with Crippen LogP contribution in [0.25, 0.3) is 0 Å². The van der Waals surface area contributed by atoms with Gasteiger partial charge in [-0.1, -0.05) is 31.0 Å². The lowest BCUT2D eigenvalue weighted by Crippen LogP contribution is -2.65. The normalized spacial score (nSPS) is 20.0. The van der Waals surface area contributed by atoms with Gasteiger partial charge in [0.25, 0.3) is 0 Å². The molecule has 1 aromatic rings. The molecule has 22 heavy (non-hydrogen) atoms. The molecule has 5 nitrogen and oxygen atoms in total. The number of ether oxygens (including phenoxy) is 1. The molecule has 0 atom stereocenters. The van der Waals surface area contributed by atoms with Crippen LogP contribution in [0.5, 0.6) is 5.75 Å². The third-order valence-corrected chi connectivity index (χ3v) is 4.83. The van der Waals surface area contributed by atoms with E-state index in [0.717, 1.165) is 37.0 Å². The maximum atomic E-state index is 12.8. The number of nitrogens with one attached hydrogen (secondary N) is 1. The molecule has 1 saturated carbocycles. The van der Waals surface area contributed by atoms with E-state index in [2.05, 4.69) is 5.32 Å². The summed E-state index contributed by atoms with van der Waals surface area (Å²) in [4.78, 5) is 27.0. The number of piperazine rings is 1. The van der Waals surface area contributed by atoms with Crippen LogP contribution in [0.1, 0.15) is 31.2 Å². The summed E-state index contributed by atoms with van der Waals surface area (Å²) in [5, 5.41) is 2.93. The topological polar surface area (TPSA) is 58.6 Å². The number of carbonyl (C=O) groups excluding carboxylic acids is 2. The standard InChI is InChI=1S/C17H22N2O3/c1-22-14-7-3-2-6-13(14)12-15(20)19-11-10-18-16(21)17(19)8-4-5-9-17/h2-3,6-7H,4-5,8-12H2,1H3,(H,18,21). The minimum Gasteiger partial charge on any atom is -0.496 e. The lowest BCUT2D eigenvalue weighted by Gasteiger charge is -2.43. The predicted octanol–water partition coefficient (Wildman–Crippen LogP) is 1.51. The Bertz CT molecular complexity index is 579. The number of hydrogen-bond donors (Lipinski definition) is 1. The lowest BCUT2D eigenvalue weighted by atomic mass is 9.91. The Labute approximate surface area is 130 Å². The second kappa shape index (κ2) is 5.99. The zero-order valence-corrected chi connectivity index (χ0v) is 12.9. The summed E-state index contributed by atoms with van der Waals surface area (Å²) in [6.45, 7) is 1.14. The summed E-state index contributed by atoms with van der Waals surface area (Å²) >= 11 is 0. The highest BCUT2D eigenvalue weighted by Gasteiger charge is 2.49. The summed E-state index contributed by atoms with van der Waals surface area (Å²) in [5.74, 6) is 0.753. The number of rotatable bonds is 3. The Balaban J connectivity index is 1.82. The molecule has 0 aromatic heterocycles. The number of carbonyl (C=O) groups is 2. The van der Waals surface area contributed by atoms with E-state index < -0.39 is 5.54 Å². The molecule has 118 valence electrons. The maximum absolute atomic E-state index is 12.8. The molecule has 1 N–H and O–H groups in total. The van der Waals surface area contributed by atoms with Gasteiger partial charge in [0, 0.05) is 18.7 Å². The molecule has 0 unspecified atom stereocenters. The summed E-state index contributed by atoms with van der Waals surface area (Å²) in [5.41, 5.74) is 0.256. The Morgan fingerprint density at radius 1 is 1.32 bits per heavy atom. The highest BCUT2D eigenvalue weighted by Crippen LogP contribution is 2.37. The number of amides is 2. The molecule has 1 heterocycles. The van der Waals surface area contributed by atoms with Crippen molar-refractivity contribution in [2.75, 3.05) is 20.2 Å². The molecular weight excluding hydrogens is 280 g/mol. The van der Waals surface area contributed by atoms with Gasteiger partial charge in [-0.3, -0.25) is 9.59 Å². The molecule has 1 aliphatic heterocycles. The van der Waals surface area contributed by atoms with Crippen LogP contribution in [0.3, 0.4) is 0 Å². The van der Waals surface area contributed by atoms with Crippen molar-refractivity contribution >= 4 is 11.8 Å². The third kappa shape index (κ3) is 2.45. The molecule has 0 radical (unpaired) electrons. The largest absolute Gasteiger partial charge is 0.496 e. The van der Waals surface area contributed by atoms with Crippen molar-refractivity contribution < 1.29 is 14.3 Å². The number of nitrogens with zero attached hydrogens (tertiary/aromatic N) is 1. The first-order chi connectivity index (χ1) is 10.7. The van der Waals surface area contributed by atoms with Crippen LogP contribution in [-0.4, -0.2) is 42.5 Å². The Morgan fingerprint density at radius 2 is 2.05 bits per heavy atom. The molecule has 0 bridgehead atoms. The third-order valence-electron chi connectivity index (χ3n) is 4.83. The van der Waals surface area contributed by atoms with Gasteiger partial charge in [0.05, 0.1) is 13.5 Å². The molecule has 2 fully saturated rings. The number of hydrogen-bond acceptors (Lipinski definition) is 3.